The summed E-state index contributed by atoms with van der Waals surface area (Å²) in [5, 5.41) is 3.56. The van der Waals surface area contributed by atoms with E-state index in [0.717, 1.165) is 24.4 Å². The van der Waals surface area contributed by atoms with Crippen molar-refractivity contribution in [3.63, 3.8) is 0 Å². The van der Waals surface area contributed by atoms with Crippen molar-refractivity contribution >= 4 is 15.9 Å². The largest absolute Gasteiger partial charge is 0.310 e. The summed E-state index contributed by atoms with van der Waals surface area (Å²) in [6.07, 6.45) is 4.75. The third-order valence-corrected chi connectivity index (χ3v) is 4.75. The maximum atomic E-state index is 14.3. The molecule has 0 heterocycles. The molecule has 0 bridgehead atoms. The predicted octanol–water partition coefficient (Wildman–Crippen LogP) is 5.07. The summed E-state index contributed by atoms with van der Waals surface area (Å²) in [4.78, 5) is 0. The fraction of sp³-hybridized carbons (Fsp3) is 0.625. The van der Waals surface area contributed by atoms with Gasteiger partial charge in [0.05, 0.1) is 4.47 Å². The normalized spacial score (nSPS) is 24.6. The molecule has 1 fully saturated rings. The number of nitrogens with one attached hydrogen (secondary N) is 1. The van der Waals surface area contributed by atoms with Gasteiger partial charge < -0.3 is 5.32 Å². The summed E-state index contributed by atoms with van der Waals surface area (Å²) in [7, 11) is 0. The van der Waals surface area contributed by atoms with Crippen molar-refractivity contribution in [2.24, 2.45) is 11.8 Å². The van der Waals surface area contributed by atoms with Gasteiger partial charge in [0.15, 0.2) is 0 Å². The molecule has 1 nitrogen and oxygen atoms in total. The van der Waals surface area contributed by atoms with Gasteiger partial charge in [-0.1, -0.05) is 32.4 Å². The van der Waals surface area contributed by atoms with Gasteiger partial charge in [0.2, 0.25) is 0 Å². The van der Waals surface area contributed by atoms with Crippen LogP contribution in [0.15, 0.2) is 22.7 Å². The molecule has 3 unspecified atom stereocenters. The van der Waals surface area contributed by atoms with Gasteiger partial charge in [-0.05, 0) is 59.6 Å². The Hall–Kier alpha value is -0.410. The molecule has 2 rings (SSSR count). The van der Waals surface area contributed by atoms with Crippen molar-refractivity contribution in [1.29, 1.82) is 0 Å². The first-order chi connectivity index (χ1) is 9.13. The summed E-state index contributed by atoms with van der Waals surface area (Å²) >= 11 is 3.30. The maximum Gasteiger partial charge on any atom is 0.142 e. The molecule has 1 N–H and O–H groups in total. The Morgan fingerprint density at radius 3 is 2.84 bits per heavy atom. The molecular weight excluding hydrogens is 305 g/mol. The minimum atomic E-state index is -0.101. The average molecular weight is 328 g/mol. The summed E-state index contributed by atoms with van der Waals surface area (Å²) in [6, 6.07) is 5.78. The van der Waals surface area contributed by atoms with E-state index in [4.69, 9.17) is 0 Å². The van der Waals surface area contributed by atoms with Crippen LogP contribution in [0.5, 0.6) is 0 Å². The lowest BCUT2D eigenvalue weighted by atomic mass is 9.90. The average Bonchev–Trinajstić information content (AvgIpc) is 2.81. The Morgan fingerprint density at radius 2 is 2.21 bits per heavy atom. The summed E-state index contributed by atoms with van der Waals surface area (Å²) < 4.78 is 14.9. The molecule has 3 heteroatoms. The van der Waals surface area contributed by atoms with Gasteiger partial charge in [-0.2, -0.15) is 0 Å². The van der Waals surface area contributed by atoms with Crippen LogP contribution in [0, 0.1) is 17.7 Å². The highest BCUT2D eigenvalue weighted by Crippen LogP contribution is 2.40. The molecule has 106 valence electrons. The van der Waals surface area contributed by atoms with E-state index in [9.17, 15) is 4.39 Å². The van der Waals surface area contributed by atoms with Crippen molar-refractivity contribution in [2.75, 3.05) is 6.54 Å². The van der Waals surface area contributed by atoms with Crippen LogP contribution in [0.3, 0.4) is 0 Å². The molecule has 1 aliphatic rings. The number of hydrogen-bond acceptors (Lipinski definition) is 1. The molecule has 1 aromatic carbocycles. The number of rotatable bonds is 5. The fourth-order valence-corrected chi connectivity index (χ4v) is 3.53. The Kier molecular flexibility index (Phi) is 5.40. The summed E-state index contributed by atoms with van der Waals surface area (Å²) in [6.45, 7) is 5.40. The first-order valence-electron chi connectivity index (χ1n) is 7.30. The van der Waals surface area contributed by atoms with Gasteiger partial charge in [-0.3, -0.25) is 0 Å². The Labute approximate surface area is 124 Å². The molecule has 0 aliphatic heterocycles. The third-order valence-electron chi connectivity index (χ3n) is 4.14. The van der Waals surface area contributed by atoms with Crippen LogP contribution < -0.4 is 5.32 Å². The Bertz CT molecular complexity index is 421. The van der Waals surface area contributed by atoms with Gasteiger partial charge in [0, 0.05) is 11.6 Å². The smallest absolute Gasteiger partial charge is 0.142 e. The minimum Gasteiger partial charge on any atom is -0.310 e. The van der Waals surface area contributed by atoms with Crippen molar-refractivity contribution in [2.45, 2.75) is 45.6 Å². The predicted molar refractivity (Wildman–Crippen MR) is 81.6 cm³/mol. The zero-order valence-electron chi connectivity index (χ0n) is 11.8. The van der Waals surface area contributed by atoms with E-state index in [2.05, 4.69) is 35.1 Å². The maximum absolute atomic E-state index is 14.3. The second-order valence-corrected chi connectivity index (χ2v) is 6.61. The van der Waals surface area contributed by atoms with Crippen LogP contribution in [0.1, 0.15) is 51.1 Å². The molecule has 1 aromatic rings. The Morgan fingerprint density at radius 1 is 1.42 bits per heavy atom. The minimum absolute atomic E-state index is 0.101. The van der Waals surface area contributed by atoms with Crippen LogP contribution in [0.2, 0.25) is 0 Å². The molecule has 1 aliphatic carbocycles. The van der Waals surface area contributed by atoms with Gasteiger partial charge in [0.25, 0.3) is 0 Å². The molecular formula is C16H23BrFN. The van der Waals surface area contributed by atoms with Crippen molar-refractivity contribution in [3.8, 4) is 0 Å². The molecule has 1 saturated carbocycles. The lowest BCUT2D eigenvalue weighted by Crippen LogP contribution is -2.29. The van der Waals surface area contributed by atoms with Gasteiger partial charge in [0.1, 0.15) is 5.82 Å². The topological polar surface area (TPSA) is 12.0 Å². The highest BCUT2D eigenvalue weighted by Gasteiger charge is 2.31. The second-order valence-electron chi connectivity index (χ2n) is 5.75. The molecule has 0 spiro atoms. The lowest BCUT2D eigenvalue weighted by molar-refractivity contribution is 0.349. The van der Waals surface area contributed by atoms with Crippen molar-refractivity contribution in [1.82, 2.24) is 5.32 Å². The second kappa shape index (κ2) is 6.85. The standard InChI is InChI=1S/C16H23BrFN/c1-3-9-19-16(12-8-7-11(2)10-12)13-5-4-6-14(17)15(13)18/h4-6,11-12,16,19H,3,7-10H2,1-2H3. The molecule has 0 aromatic heterocycles. The SMILES string of the molecule is CCCNC(c1cccc(Br)c1F)C1CCC(C)C1. The quantitative estimate of drug-likeness (QED) is 0.796. The number of halogens is 2. The van der Waals surface area contributed by atoms with E-state index in [0.29, 0.717) is 10.4 Å². The van der Waals surface area contributed by atoms with Gasteiger partial charge >= 0.3 is 0 Å². The first-order valence-corrected chi connectivity index (χ1v) is 8.10. The van der Waals surface area contributed by atoms with Crippen LogP contribution in [0.25, 0.3) is 0 Å². The molecule has 3 atom stereocenters. The van der Waals surface area contributed by atoms with Crippen LogP contribution in [0.4, 0.5) is 4.39 Å². The summed E-state index contributed by atoms with van der Waals surface area (Å²) in [5.74, 6) is 1.23. The lowest BCUT2D eigenvalue weighted by Gasteiger charge is -2.26. The number of benzene rings is 1. The number of hydrogen-bond donors (Lipinski definition) is 1. The van der Waals surface area contributed by atoms with Gasteiger partial charge in [-0.25, -0.2) is 4.39 Å². The molecule has 19 heavy (non-hydrogen) atoms. The van der Waals surface area contributed by atoms with Crippen LogP contribution in [-0.2, 0) is 0 Å². The monoisotopic (exact) mass is 327 g/mol. The summed E-state index contributed by atoms with van der Waals surface area (Å²) in [5.41, 5.74) is 0.821. The molecule has 0 radical (unpaired) electrons. The van der Waals surface area contributed by atoms with Gasteiger partial charge in [-0.15, -0.1) is 0 Å². The third kappa shape index (κ3) is 3.57. The first kappa shape index (κ1) is 15.0. The molecule has 0 saturated heterocycles. The van der Waals surface area contributed by atoms with E-state index < -0.39 is 0 Å². The van der Waals surface area contributed by atoms with E-state index in [1.54, 1.807) is 6.07 Å². The highest BCUT2D eigenvalue weighted by molar-refractivity contribution is 9.10. The zero-order valence-corrected chi connectivity index (χ0v) is 13.3. The Balaban J connectivity index is 2.23. The van der Waals surface area contributed by atoms with E-state index in [1.165, 1.54) is 19.3 Å². The highest BCUT2D eigenvalue weighted by atomic mass is 79.9. The van der Waals surface area contributed by atoms with E-state index in [1.807, 2.05) is 12.1 Å². The van der Waals surface area contributed by atoms with Crippen LogP contribution in [-0.4, -0.2) is 6.54 Å². The van der Waals surface area contributed by atoms with Crippen molar-refractivity contribution < 1.29 is 4.39 Å². The van der Waals surface area contributed by atoms with E-state index in [-0.39, 0.29) is 11.9 Å². The molecule has 0 amide bonds. The fourth-order valence-electron chi connectivity index (χ4n) is 3.14. The van der Waals surface area contributed by atoms with E-state index >= 15 is 0 Å². The van der Waals surface area contributed by atoms with Crippen molar-refractivity contribution in [3.05, 3.63) is 34.1 Å². The zero-order chi connectivity index (χ0) is 13.8. The van der Waals surface area contributed by atoms with Crippen LogP contribution >= 0.6 is 15.9 Å².